The van der Waals surface area contributed by atoms with E-state index in [0.29, 0.717) is 18.3 Å². The molecule has 2 aliphatic carbocycles. The summed E-state index contributed by atoms with van der Waals surface area (Å²) in [5.41, 5.74) is 1.90. The van der Waals surface area contributed by atoms with E-state index in [1.807, 2.05) is 19.9 Å². The number of nitrogens with one attached hydrogen (secondary N) is 1. The van der Waals surface area contributed by atoms with Gasteiger partial charge in [0.15, 0.2) is 0 Å². The molecule has 1 aromatic carbocycles. The molecule has 3 heterocycles. The van der Waals surface area contributed by atoms with Gasteiger partial charge in [-0.15, -0.1) is 0 Å². The van der Waals surface area contributed by atoms with Crippen LogP contribution in [-0.4, -0.2) is 38.6 Å². The van der Waals surface area contributed by atoms with Gasteiger partial charge in [0.2, 0.25) is 5.91 Å². The monoisotopic (exact) mass is 396 g/mol. The summed E-state index contributed by atoms with van der Waals surface area (Å²) in [7, 11) is 0. The number of para-hydroxylation sites is 1. The second-order valence-electron chi connectivity index (χ2n) is 9.63. The summed E-state index contributed by atoms with van der Waals surface area (Å²) >= 11 is 0. The third-order valence-electron chi connectivity index (χ3n) is 7.41. The first-order valence-electron chi connectivity index (χ1n) is 11.5. The third kappa shape index (κ3) is 3.61. The predicted octanol–water partition coefficient (Wildman–Crippen LogP) is 5.23. The van der Waals surface area contributed by atoms with Crippen molar-refractivity contribution in [3.63, 3.8) is 0 Å². The lowest BCUT2D eigenvalue weighted by molar-refractivity contribution is -0.175. The minimum atomic E-state index is -0.498. The zero-order valence-electron chi connectivity index (χ0n) is 18.3. The van der Waals surface area contributed by atoms with E-state index in [9.17, 15) is 9.90 Å². The van der Waals surface area contributed by atoms with Crippen LogP contribution >= 0.6 is 0 Å². The maximum atomic E-state index is 13.4. The van der Waals surface area contributed by atoms with Gasteiger partial charge in [0.1, 0.15) is 0 Å². The number of carbonyl (C=O) groups excluding carboxylic acids is 1. The lowest BCUT2D eigenvalue weighted by Crippen LogP contribution is -2.65. The summed E-state index contributed by atoms with van der Waals surface area (Å²) in [4.78, 5) is 19.0. The number of H-pyrrole nitrogens is 1. The highest BCUT2D eigenvalue weighted by Crippen LogP contribution is 2.51. The van der Waals surface area contributed by atoms with Crippen LogP contribution in [0.25, 0.3) is 10.9 Å². The Kier molecular flexibility index (Phi) is 5.50. The highest BCUT2D eigenvalue weighted by atomic mass is 16.3. The number of hydrogen-bond donors (Lipinski definition) is 2. The number of hydrogen-bond acceptors (Lipinski definition) is 2. The summed E-state index contributed by atoms with van der Waals surface area (Å²) in [6.45, 7) is 8.43. The first-order valence-corrected chi connectivity index (χ1v) is 11.5. The van der Waals surface area contributed by atoms with Crippen molar-refractivity contribution in [1.29, 1.82) is 0 Å². The van der Waals surface area contributed by atoms with Crippen LogP contribution in [0.15, 0.2) is 30.5 Å². The van der Waals surface area contributed by atoms with Crippen molar-refractivity contribution < 1.29 is 9.90 Å². The SMILES string of the molecule is CC.CC(C)C(CC(=O)N1C2CC3CC1CC(O)(C3)C2)c1c[nH]c2ccccc12. The van der Waals surface area contributed by atoms with Gasteiger partial charge in [-0.3, -0.25) is 4.79 Å². The smallest absolute Gasteiger partial charge is 0.223 e. The Morgan fingerprint density at radius 2 is 1.83 bits per heavy atom. The summed E-state index contributed by atoms with van der Waals surface area (Å²) in [6.07, 6.45) is 7.35. The van der Waals surface area contributed by atoms with Gasteiger partial charge in [-0.1, -0.05) is 45.9 Å². The molecule has 2 N–H and O–H groups in total. The molecule has 1 aromatic heterocycles. The Balaban J connectivity index is 0.000000994. The minimum absolute atomic E-state index is 0.217. The predicted molar refractivity (Wildman–Crippen MR) is 118 cm³/mol. The Hall–Kier alpha value is -1.81. The number of aliphatic hydroxyl groups is 1. The highest BCUT2D eigenvalue weighted by Gasteiger charge is 2.55. The summed E-state index contributed by atoms with van der Waals surface area (Å²) < 4.78 is 0. The summed E-state index contributed by atoms with van der Waals surface area (Å²) in [5.74, 6) is 1.52. The van der Waals surface area contributed by atoms with Gasteiger partial charge < -0.3 is 15.0 Å². The van der Waals surface area contributed by atoms with Gasteiger partial charge >= 0.3 is 0 Å². The number of benzene rings is 1. The molecule has 3 unspecified atom stereocenters. The molecule has 2 saturated carbocycles. The van der Waals surface area contributed by atoms with Gasteiger partial charge in [-0.2, -0.15) is 0 Å². The summed E-state index contributed by atoms with van der Waals surface area (Å²) in [6, 6.07) is 8.87. The van der Waals surface area contributed by atoms with Gasteiger partial charge in [0.05, 0.1) is 5.60 Å². The third-order valence-corrected chi connectivity index (χ3v) is 7.41. The van der Waals surface area contributed by atoms with Crippen molar-refractivity contribution in [3.8, 4) is 0 Å². The van der Waals surface area contributed by atoms with E-state index in [-0.39, 0.29) is 23.9 Å². The minimum Gasteiger partial charge on any atom is -0.390 e. The fraction of sp³-hybridized carbons (Fsp3) is 0.640. The average Bonchev–Trinajstić information content (AvgIpc) is 3.09. The number of aromatic amines is 1. The van der Waals surface area contributed by atoms with Crippen LogP contribution in [0.1, 0.15) is 77.7 Å². The Bertz CT molecular complexity index is 855. The molecule has 2 aliphatic heterocycles. The number of nitrogens with zero attached hydrogens (tertiary/aromatic N) is 1. The average molecular weight is 397 g/mol. The Morgan fingerprint density at radius 1 is 1.17 bits per heavy atom. The first kappa shape index (κ1) is 20.5. The molecule has 6 rings (SSSR count). The van der Waals surface area contributed by atoms with Crippen LogP contribution in [0.4, 0.5) is 0 Å². The van der Waals surface area contributed by atoms with Crippen molar-refractivity contribution >= 4 is 16.8 Å². The molecule has 1 amide bonds. The standard InChI is InChI=1S/C23H30N2O2.C2H6/c1-14(2)19(20-13-24-21-6-4-3-5-18(20)21)9-22(26)25-16-7-15-8-17(25)12-23(27,10-15)11-16;1-2/h3-6,13-17,19,24,27H,7-12H2,1-2H3;1-2H3. The number of rotatable bonds is 4. The lowest BCUT2D eigenvalue weighted by Gasteiger charge is -2.59. The topological polar surface area (TPSA) is 56.3 Å². The molecule has 4 fully saturated rings. The van der Waals surface area contributed by atoms with Crippen molar-refractivity contribution in [2.45, 2.75) is 89.8 Å². The fourth-order valence-electron chi connectivity index (χ4n) is 6.39. The van der Waals surface area contributed by atoms with E-state index in [4.69, 9.17) is 0 Å². The molecule has 158 valence electrons. The molecule has 3 atom stereocenters. The number of amides is 1. The van der Waals surface area contributed by atoms with Crippen LogP contribution in [0, 0.1) is 11.8 Å². The van der Waals surface area contributed by atoms with Gasteiger partial charge in [0, 0.05) is 35.6 Å². The maximum absolute atomic E-state index is 13.4. The van der Waals surface area contributed by atoms with E-state index >= 15 is 0 Å². The van der Waals surface area contributed by atoms with Crippen LogP contribution in [0.3, 0.4) is 0 Å². The molecule has 2 aromatic rings. The van der Waals surface area contributed by atoms with Crippen LogP contribution in [0.2, 0.25) is 0 Å². The molecule has 4 heteroatoms. The quantitative estimate of drug-likeness (QED) is 0.744. The summed E-state index contributed by atoms with van der Waals surface area (Å²) in [5, 5.41) is 12.0. The lowest BCUT2D eigenvalue weighted by atomic mass is 9.61. The molecule has 29 heavy (non-hydrogen) atoms. The van der Waals surface area contributed by atoms with Crippen molar-refractivity contribution in [2.24, 2.45) is 11.8 Å². The van der Waals surface area contributed by atoms with Crippen molar-refractivity contribution in [3.05, 3.63) is 36.0 Å². The van der Waals surface area contributed by atoms with Gasteiger partial charge in [-0.25, -0.2) is 0 Å². The normalized spacial score (nSPS) is 31.1. The number of carbonyl (C=O) groups is 1. The van der Waals surface area contributed by atoms with Crippen LogP contribution in [0.5, 0.6) is 0 Å². The molecule has 2 saturated heterocycles. The zero-order chi connectivity index (χ0) is 20.8. The molecule has 4 nitrogen and oxygen atoms in total. The second kappa shape index (κ2) is 7.79. The van der Waals surface area contributed by atoms with E-state index in [1.54, 1.807) is 0 Å². The van der Waals surface area contributed by atoms with Crippen molar-refractivity contribution in [2.75, 3.05) is 0 Å². The number of aromatic nitrogens is 1. The van der Waals surface area contributed by atoms with Crippen LogP contribution < -0.4 is 0 Å². The van der Waals surface area contributed by atoms with Crippen LogP contribution in [-0.2, 0) is 4.79 Å². The molecular weight excluding hydrogens is 360 g/mol. The van der Waals surface area contributed by atoms with E-state index < -0.39 is 5.60 Å². The maximum Gasteiger partial charge on any atom is 0.223 e. The van der Waals surface area contributed by atoms with E-state index in [2.05, 4.69) is 48.1 Å². The Morgan fingerprint density at radius 3 is 2.45 bits per heavy atom. The Labute approximate surface area is 174 Å². The largest absolute Gasteiger partial charge is 0.390 e. The highest BCUT2D eigenvalue weighted by molar-refractivity contribution is 5.85. The van der Waals surface area contributed by atoms with E-state index in [0.717, 1.165) is 37.6 Å². The second-order valence-corrected chi connectivity index (χ2v) is 9.63. The first-order chi connectivity index (χ1) is 13.9. The number of piperidine rings is 2. The van der Waals surface area contributed by atoms with E-state index in [1.165, 1.54) is 10.9 Å². The zero-order valence-corrected chi connectivity index (χ0v) is 18.3. The molecule has 0 radical (unpaired) electrons. The van der Waals surface area contributed by atoms with Gasteiger partial charge in [0.25, 0.3) is 0 Å². The molecule has 4 aliphatic rings. The molecule has 0 spiro atoms. The van der Waals surface area contributed by atoms with Crippen molar-refractivity contribution in [1.82, 2.24) is 9.88 Å². The fourth-order valence-corrected chi connectivity index (χ4v) is 6.39. The number of fused-ring (bicyclic) bond motifs is 1. The van der Waals surface area contributed by atoms with Gasteiger partial charge in [-0.05, 0) is 61.5 Å². The molecule has 4 bridgehead atoms. The molecular formula is C25H36N2O2.